The minimum absolute atomic E-state index is 0.0484. The summed E-state index contributed by atoms with van der Waals surface area (Å²) in [5.41, 5.74) is 2.76. The molecule has 152 valence electrons. The van der Waals surface area contributed by atoms with Gasteiger partial charge in [0.05, 0.1) is 0 Å². The van der Waals surface area contributed by atoms with E-state index in [0.29, 0.717) is 5.75 Å². The van der Waals surface area contributed by atoms with Gasteiger partial charge in [-0.25, -0.2) is 4.79 Å². The van der Waals surface area contributed by atoms with Crippen LogP contribution in [0.15, 0.2) is 48.5 Å². The maximum absolute atomic E-state index is 11.3. The Bertz CT molecular complexity index is 751. The minimum Gasteiger partial charge on any atom is -0.478 e. The average molecular weight is 383 g/mol. The SMILES string of the molecule is CC.Cc1ccc(C2(c3ccc(OC(C)(C)C(=O)O)cc3)CCCCC2)cc1. The van der Waals surface area contributed by atoms with E-state index in [1.807, 2.05) is 26.0 Å². The van der Waals surface area contributed by atoms with Gasteiger partial charge in [0.2, 0.25) is 0 Å². The molecule has 0 aromatic heterocycles. The Morgan fingerprint density at radius 3 is 1.82 bits per heavy atom. The summed E-state index contributed by atoms with van der Waals surface area (Å²) in [7, 11) is 0. The Hall–Kier alpha value is -2.29. The lowest BCUT2D eigenvalue weighted by molar-refractivity contribution is -0.152. The summed E-state index contributed by atoms with van der Waals surface area (Å²) in [4.78, 5) is 11.3. The second kappa shape index (κ2) is 9.27. The monoisotopic (exact) mass is 382 g/mol. The number of ether oxygens (including phenoxy) is 1. The van der Waals surface area contributed by atoms with E-state index in [4.69, 9.17) is 4.74 Å². The summed E-state index contributed by atoms with van der Waals surface area (Å²) in [6, 6.07) is 16.9. The van der Waals surface area contributed by atoms with Crippen molar-refractivity contribution in [1.29, 1.82) is 0 Å². The smallest absolute Gasteiger partial charge is 0.347 e. The van der Waals surface area contributed by atoms with Crippen LogP contribution in [0.1, 0.15) is 76.5 Å². The lowest BCUT2D eigenvalue weighted by Gasteiger charge is -2.39. The van der Waals surface area contributed by atoms with Gasteiger partial charge in [-0.2, -0.15) is 0 Å². The predicted molar refractivity (Wildman–Crippen MR) is 115 cm³/mol. The molecule has 0 radical (unpaired) electrons. The van der Waals surface area contributed by atoms with Crippen LogP contribution in [0.4, 0.5) is 0 Å². The molecular formula is C25H34O3. The number of hydrogen-bond donors (Lipinski definition) is 1. The topological polar surface area (TPSA) is 46.5 Å². The van der Waals surface area contributed by atoms with Crippen LogP contribution in [0.25, 0.3) is 0 Å². The van der Waals surface area contributed by atoms with E-state index in [9.17, 15) is 9.90 Å². The lowest BCUT2D eigenvalue weighted by atomic mass is 9.65. The van der Waals surface area contributed by atoms with Crippen LogP contribution in [0.3, 0.4) is 0 Å². The molecule has 1 fully saturated rings. The maximum atomic E-state index is 11.3. The summed E-state index contributed by atoms with van der Waals surface area (Å²) in [6.07, 6.45) is 6.06. The molecule has 0 bridgehead atoms. The van der Waals surface area contributed by atoms with E-state index in [1.165, 1.54) is 36.0 Å². The molecule has 0 unspecified atom stereocenters. The molecule has 0 heterocycles. The number of benzene rings is 2. The highest BCUT2D eigenvalue weighted by Crippen LogP contribution is 2.45. The third-order valence-corrected chi connectivity index (χ3v) is 5.61. The zero-order valence-electron chi connectivity index (χ0n) is 17.9. The zero-order valence-corrected chi connectivity index (χ0v) is 17.9. The summed E-state index contributed by atoms with van der Waals surface area (Å²) in [5, 5.41) is 9.25. The van der Waals surface area contributed by atoms with Crippen LogP contribution in [-0.4, -0.2) is 16.7 Å². The molecule has 0 atom stereocenters. The quantitative estimate of drug-likeness (QED) is 0.641. The highest BCUT2D eigenvalue weighted by Gasteiger charge is 2.36. The first-order valence-corrected chi connectivity index (χ1v) is 10.4. The zero-order chi connectivity index (χ0) is 20.8. The molecular weight excluding hydrogens is 348 g/mol. The van der Waals surface area contributed by atoms with E-state index in [-0.39, 0.29) is 5.41 Å². The molecule has 28 heavy (non-hydrogen) atoms. The van der Waals surface area contributed by atoms with Gasteiger partial charge in [-0.15, -0.1) is 0 Å². The molecule has 3 rings (SSSR count). The number of rotatable bonds is 5. The minimum atomic E-state index is -1.24. The molecule has 3 nitrogen and oxygen atoms in total. The van der Waals surface area contributed by atoms with Gasteiger partial charge in [-0.05, 0) is 56.9 Å². The fraction of sp³-hybridized carbons (Fsp3) is 0.480. The molecule has 3 heteroatoms. The maximum Gasteiger partial charge on any atom is 0.347 e. The fourth-order valence-electron chi connectivity index (χ4n) is 3.95. The summed E-state index contributed by atoms with van der Waals surface area (Å²) in [6.45, 7) is 9.25. The normalized spacial score (nSPS) is 15.9. The fourth-order valence-corrected chi connectivity index (χ4v) is 3.95. The van der Waals surface area contributed by atoms with Crippen molar-refractivity contribution in [3.8, 4) is 5.75 Å². The van der Waals surface area contributed by atoms with Gasteiger partial charge in [-0.3, -0.25) is 0 Å². The second-order valence-corrected chi connectivity index (χ2v) is 7.95. The Balaban J connectivity index is 0.00000136. The first-order valence-electron chi connectivity index (χ1n) is 10.4. The van der Waals surface area contributed by atoms with Gasteiger partial charge in [0, 0.05) is 5.41 Å². The van der Waals surface area contributed by atoms with Crippen molar-refractivity contribution in [2.24, 2.45) is 0 Å². The Morgan fingerprint density at radius 1 is 0.893 bits per heavy atom. The third-order valence-electron chi connectivity index (χ3n) is 5.61. The Morgan fingerprint density at radius 2 is 1.36 bits per heavy atom. The molecule has 0 amide bonds. The largest absolute Gasteiger partial charge is 0.478 e. The van der Waals surface area contributed by atoms with Crippen LogP contribution in [0.2, 0.25) is 0 Å². The van der Waals surface area contributed by atoms with Crippen molar-refractivity contribution in [3.63, 3.8) is 0 Å². The van der Waals surface area contributed by atoms with E-state index in [1.54, 1.807) is 13.8 Å². The molecule has 0 aliphatic heterocycles. The van der Waals surface area contributed by atoms with Gasteiger partial charge in [0.25, 0.3) is 0 Å². The molecule has 0 spiro atoms. The summed E-state index contributed by atoms with van der Waals surface area (Å²) in [5.74, 6) is -0.374. The van der Waals surface area contributed by atoms with Gasteiger partial charge in [-0.1, -0.05) is 75.1 Å². The molecule has 1 aliphatic carbocycles. The Kier molecular flexibility index (Phi) is 7.29. The van der Waals surface area contributed by atoms with Crippen molar-refractivity contribution in [1.82, 2.24) is 0 Å². The third kappa shape index (κ3) is 4.76. The molecule has 1 aliphatic rings. The highest BCUT2D eigenvalue weighted by atomic mass is 16.5. The van der Waals surface area contributed by atoms with Crippen LogP contribution >= 0.6 is 0 Å². The molecule has 2 aromatic carbocycles. The number of hydrogen-bond acceptors (Lipinski definition) is 2. The van der Waals surface area contributed by atoms with Crippen molar-refractivity contribution >= 4 is 5.97 Å². The average Bonchev–Trinajstić information content (AvgIpc) is 2.71. The lowest BCUT2D eigenvalue weighted by Crippen LogP contribution is -2.37. The van der Waals surface area contributed by atoms with Crippen molar-refractivity contribution in [2.45, 2.75) is 77.7 Å². The van der Waals surface area contributed by atoms with Crippen LogP contribution in [-0.2, 0) is 10.2 Å². The van der Waals surface area contributed by atoms with Crippen molar-refractivity contribution < 1.29 is 14.6 Å². The van der Waals surface area contributed by atoms with Crippen LogP contribution in [0, 0.1) is 6.92 Å². The standard InChI is InChI=1S/C23H28O3.C2H6/c1-17-7-9-18(10-8-17)23(15-5-4-6-16-23)19-11-13-20(14-12-19)26-22(2,3)21(24)25;1-2/h7-14H,4-6,15-16H2,1-3H3,(H,24,25);1-2H3. The van der Waals surface area contributed by atoms with Gasteiger partial charge >= 0.3 is 5.97 Å². The first-order chi connectivity index (χ1) is 13.3. The summed E-state index contributed by atoms with van der Waals surface area (Å²) >= 11 is 0. The van der Waals surface area contributed by atoms with E-state index >= 15 is 0 Å². The summed E-state index contributed by atoms with van der Waals surface area (Å²) < 4.78 is 5.66. The highest BCUT2D eigenvalue weighted by molar-refractivity contribution is 5.76. The number of carboxylic acids is 1. The van der Waals surface area contributed by atoms with Crippen LogP contribution in [0.5, 0.6) is 5.75 Å². The van der Waals surface area contributed by atoms with Gasteiger partial charge in [0.1, 0.15) is 5.75 Å². The van der Waals surface area contributed by atoms with E-state index in [0.717, 1.165) is 12.8 Å². The first kappa shape index (κ1) is 22.0. The molecule has 1 saturated carbocycles. The van der Waals surface area contributed by atoms with Gasteiger partial charge in [0.15, 0.2) is 5.60 Å². The van der Waals surface area contributed by atoms with Gasteiger partial charge < -0.3 is 9.84 Å². The molecule has 0 saturated heterocycles. The van der Waals surface area contributed by atoms with Crippen molar-refractivity contribution in [2.75, 3.05) is 0 Å². The molecule has 2 aromatic rings. The van der Waals surface area contributed by atoms with E-state index in [2.05, 4.69) is 43.3 Å². The van der Waals surface area contributed by atoms with Crippen LogP contribution < -0.4 is 4.74 Å². The molecule has 1 N–H and O–H groups in total. The number of aryl methyl sites for hydroxylation is 1. The number of carbonyl (C=O) groups is 1. The van der Waals surface area contributed by atoms with Crippen molar-refractivity contribution in [3.05, 3.63) is 65.2 Å². The Labute approximate surface area is 169 Å². The van der Waals surface area contributed by atoms with E-state index < -0.39 is 11.6 Å². The number of aliphatic carboxylic acids is 1. The second-order valence-electron chi connectivity index (χ2n) is 7.95. The predicted octanol–water partition coefficient (Wildman–Crippen LogP) is 6.51. The number of carboxylic acid groups (broad SMARTS) is 1.